The Morgan fingerprint density at radius 1 is 1.24 bits per heavy atom. The predicted octanol–water partition coefficient (Wildman–Crippen LogP) is 2.57. The number of ether oxygens (including phenoxy) is 3. The minimum absolute atomic E-state index is 0.0156. The Morgan fingerprint density at radius 3 is 2.72 bits per heavy atom. The van der Waals surface area contributed by atoms with Crippen molar-refractivity contribution in [1.29, 1.82) is 0 Å². The topological polar surface area (TPSA) is 51.2 Å². The Bertz CT molecular complexity index is 659. The van der Waals surface area contributed by atoms with Gasteiger partial charge in [-0.1, -0.05) is 6.07 Å². The first-order valence-corrected chi connectivity index (χ1v) is 9.90. The van der Waals surface area contributed by atoms with Gasteiger partial charge in [-0.2, -0.15) is 13.2 Å². The fourth-order valence-electron chi connectivity index (χ4n) is 3.45. The van der Waals surface area contributed by atoms with Gasteiger partial charge in [0.05, 0.1) is 31.5 Å². The molecule has 1 aromatic carbocycles. The zero-order valence-corrected chi connectivity index (χ0v) is 16.3. The lowest BCUT2D eigenvalue weighted by atomic mass is 10.1. The number of hydrogen-bond donors (Lipinski definition) is 0. The molecule has 1 unspecified atom stereocenters. The van der Waals surface area contributed by atoms with E-state index < -0.39 is 11.7 Å². The fraction of sp³-hybridized carbons (Fsp3) is 0.650. The van der Waals surface area contributed by atoms with Gasteiger partial charge in [-0.25, -0.2) is 0 Å². The second-order valence-electron chi connectivity index (χ2n) is 7.20. The molecule has 2 aliphatic heterocycles. The van der Waals surface area contributed by atoms with E-state index in [1.807, 2.05) is 0 Å². The van der Waals surface area contributed by atoms with E-state index in [1.54, 1.807) is 0 Å². The number of carbonyl (C=O) groups excluding carboxylic acids is 1. The minimum atomic E-state index is -4.47. The number of hydrogen-bond acceptors (Lipinski definition) is 5. The Morgan fingerprint density at radius 2 is 2.03 bits per heavy atom. The lowest BCUT2D eigenvalue weighted by Gasteiger charge is -2.30. The van der Waals surface area contributed by atoms with Crippen molar-refractivity contribution in [3.05, 3.63) is 29.8 Å². The van der Waals surface area contributed by atoms with Crippen molar-refractivity contribution in [1.82, 2.24) is 4.90 Å². The van der Waals surface area contributed by atoms with Crippen molar-refractivity contribution in [2.45, 2.75) is 25.1 Å². The third kappa shape index (κ3) is 6.67. The number of morpholine rings is 1. The van der Waals surface area contributed by atoms with Gasteiger partial charge in [0.15, 0.2) is 0 Å². The summed E-state index contributed by atoms with van der Waals surface area (Å²) in [6.07, 6.45) is -2.62. The van der Waals surface area contributed by atoms with Crippen LogP contribution in [-0.4, -0.2) is 76.1 Å². The zero-order valence-electron chi connectivity index (χ0n) is 16.3. The molecule has 2 aliphatic rings. The maximum absolute atomic E-state index is 13.1. The molecule has 1 atom stereocenters. The molecule has 0 aromatic heterocycles. The highest BCUT2D eigenvalue weighted by Crippen LogP contribution is 2.31. The number of halogens is 3. The van der Waals surface area contributed by atoms with E-state index in [9.17, 15) is 18.0 Å². The van der Waals surface area contributed by atoms with E-state index in [1.165, 1.54) is 17.0 Å². The van der Waals surface area contributed by atoms with E-state index >= 15 is 0 Å². The van der Waals surface area contributed by atoms with Crippen LogP contribution in [0.3, 0.4) is 0 Å². The molecule has 3 rings (SSSR count). The van der Waals surface area contributed by atoms with Crippen LogP contribution in [-0.2, 0) is 25.2 Å². The summed E-state index contributed by atoms with van der Waals surface area (Å²) in [4.78, 5) is 16.3. The number of benzene rings is 1. The summed E-state index contributed by atoms with van der Waals surface area (Å²) in [6, 6.07) is 4.85. The second kappa shape index (κ2) is 10.4. The number of amides is 1. The SMILES string of the molecule is O=C(COCC1CCCO1)N(CCN1CCOCC1)c1cccc(C(F)(F)F)c1. The lowest BCUT2D eigenvalue weighted by Crippen LogP contribution is -2.44. The molecule has 6 nitrogen and oxygen atoms in total. The van der Waals surface area contributed by atoms with E-state index in [2.05, 4.69) is 4.90 Å². The molecule has 2 heterocycles. The van der Waals surface area contributed by atoms with Crippen molar-refractivity contribution in [2.24, 2.45) is 0 Å². The fourth-order valence-corrected chi connectivity index (χ4v) is 3.45. The van der Waals surface area contributed by atoms with Gasteiger partial charge < -0.3 is 19.1 Å². The Balaban J connectivity index is 1.65. The van der Waals surface area contributed by atoms with Crippen LogP contribution < -0.4 is 4.90 Å². The number of anilines is 1. The van der Waals surface area contributed by atoms with Gasteiger partial charge in [0.2, 0.25) is 0 Å². The Labute approximate surface area is 168 Å². The molecule has 162 valence electrons. The molecule has 0 spiro atoms. The van der Waals surface area contributed by atoms with Crippen LogP contribution >= 0.6 is 0 Å². The molecule has 0 radical (unpaired) electrons. The molecule has 29 heavy (non-hydrogen) atoms. The molecule has 2 fully saturated rings. The van der Waals surface area contributed by atoms with Crippen LogP contribution in [0.25, 0.3) is 0 Å². The van der Waals surface area contributed by atoms with E-state index in [4.69, 9.17) is 14.2 Å². The van der Waals surface area contributed by atoms with Gasteiger partial charge in [0, 0.05) is 38.5 Å². The first-order valence-electron chi connectivity index (χ1n) is 9.90. The third-order valence-electron chi connectivity index (χ3n) is 5.08. The summed E-state index contributed by atoms with van der Waals surface area (Å²) in [6.45, 7) is 4.34. The van der Waals surface area contributed by atoms with Gasteiger partial charge in [-0.3, -0.25) is 9.69 Å². The van der Waals surface area contributed by atoms with Crippen molar-refractivity contribution in [3.63, 3.8) is 0 Å². The van der Waals surface area contributed by atoms with Gasteiger partial charge in [0.25, 0.3) is 5.91 Å². The highest BCUT2D eigenvalue weighted by atomic mass is 19.4. The third-order valence-corrected chi connectivity index (χ3v) is 5.08. The van der Waals surface area contributed by atoms with Gasteiger partial charge in [0.1, 0.15) is 6.61 Å². The minimum Gasteiger partial charge on any atom is -0.379 e. The number of nitrogens with zero attached hydrogens (tertiary/aromatic N) is 2. The summed E-state index contributed by atoms with van der Waals surface area (Å²) in [5.74, 6) is -0.365. The average Bonchev–Trinajstić information content (AvgIpc) is 3.22. The van der Waals surface area contributed by atoms with Gasteiger partial charge >= 0.3 is 6.18 Å². The lowest BCUT2D eigenvalue weighted by molar-refractivity contribution is -0.137. The molecule has 0 saturated carbocycles. The zero-order chi connectivity index (χ0) is 20.7. The molecule has 0 N–H and O–H groups in total. The van der Waals surface area contributed by atoms with Gasteiger partial charge in [-0.15, -0.1) is 0 Å². The smallest absolute Gasteiger partial charge is 0.379 e. The van der Waals surface area contributed by atoms with Crippen LogP contribution in [0.15, 0.2) is 24.3 Å². The van der Waals surface area contributed by atoms with Crippen LogP contribution in [0.5, 0.6) is 0 Å². The average molecular weight is 416 g/mol. The highest BCUT2D eigenvalue weighted by molar-refractivity contribution is 5.94. The van der Waals surface area contributed by atoms with E-state index in [0.717, 1.165) is 38.1 Å². The second-order valence-corrected chi connectivity index (χ2v) is 7.20. The summed E-state index contributed by atoms with van der Waals surface area (Å²) in [5.41, 5.74) is -0.557. The summed E-state index contributed by atoms with van der Waals surface area (Å²) < 4.78 is 55.6. The van der Waals surface area contributed by atoms with Crippen LogP contribution in [0, 0.1) is 0 Å². The molecular formula is C20H27F3N2O4. The van der Waals surface area contributed by atoms with Crippen molar-refractivity contribution < 1.29 is 32.2 Å². The number of rotatable bonds is 8. The van der Waals surface area contributed by atoms with Crippen molar-refractivity contribution >= 4 is 11.6 Å². The summed E-state index contributed by atoms with van der Waals surface area (Å²) in [7, 11) is 0. The molecule has 0 aliphatic carbocycles. The summed E-state index contributed by atoms with van der Waals surface area (Å²) in [5, 5.41) is 0. The normalized spacial score (nSPS) is 20.7. The largest absolute Gasteiger partial charge is 0.416 e. The first kappa shape index (κ1) is 22.0. The van der Waals surface area contributed by atoms with Crippen LogP contribution in [0.2, 0.25) is 0 Å². The van der Waals surface area contributed by atoms with Crippen molar-refractivity contribution in [2.75, 3.05) is 64.1 Å². The standard InChI is InChI=1S/C20H27F3N2O4/c21-20(22,23)16-3-1-4-17(13-16)25(7-6-24-8-11-27-12-9-24)19(26)15-28-14-18-5-2-10-29-18/h1,3-4,13,18H,2,5-12,14-15H2. The van der Waals surface area contributed by atoms with E-state index in [0.29, 0.717) is 33.0 Å². The molecular weight excluding hydrogens is 389 g/mol. The van der Waals surface area contributed by atoms with E-state index in [-0.39, 0.29) is 30.9 Å². The number of carbonyl (C=O) groups is 1. The van der Waals surface area contributed by atoms with Crippen molar-refractivity contribution in [3.8, 4) is 0 Å². The Hall–Kier alpha value is -1.68. The van der Waals surface area contributed by atoms with Crippen LogP contribution in [0.1, 0.15) is 18.4 Å². The Kier molecular flexibility index (Phi) is 7.88. The monoisotopic (exact) mass is 416 g/mol. The first-order chi connectivity index (χ1) is 13.9. The maximum atomic E-state index is 13.1. The molecule has 1 amide bonds. The molecule has 2 saturated heterocycles. The number of alkyl halides is 3. The van der Waals surface area contributed by atoms with Crippen LogP contribution in [0.4, 0.5) is 18.9 Å². The maximum Gasteiger partial charge on any atom is 0.416 e. The molecule has 1 aromatic rings. The van der Waals surface area contributed by atoms with Gasteiger partial charge in [-0.05, 0) is 31.0 Å². The molecule has 9 heteroatoms. The highest BCUT2D eigenvalue weighted by Gasteiger charge is 2.31. The predicted molar refractivity (Wildman–Crippen MR) is 101 cm³/mol. The quantitative estimate of drug-likeness (QED) is 0.652. The molecule has 0 bridgehead atoms. The summed E-state index contributed by atoms with van der Waals surface area (Å²) >= 11 is 0.